The Kier molecular flexibility index (Phi) is 5.25. The first kappa shape index (κ1) is 19.3. The standard InChI is InChI=1S/C19H18N2O7/c1-4-6-9-14-11(20-17(23)15(21-14)19(25)27-5-2)7-10-12(22)8-13(18(24)26-3)28-16(9)10/h7-8H,4-6H2,1-3H3,(H,20,23). The van der Waals surface area contributed by atoms with E-state index in [0.717, 1.165) is 6.07 Å². The van der Waals surface area contributed by atoms with E-state index in [0.29, 0.717) is 18.4 Å². The summed E-state index contributed by atoms with van der Waals surface area (Å²) in [4.78, 5) is 44.6. The van der Waals surface area contributed by atoms with Crippen LogP contribution in [0, 0.1) is 0 Å². The molecule has 9 nitrogen and oxygen atoms in total. The first-order valence-corrected chi connectivity index (χ1v) is 8.67. The van der Waals surface area contributed by atoms with Crippen LogP contribution in [0.15, 0.2) is 21.3 Å². The molecule has 0 saturated carbocycles. The molecule has 0 aliphatic rings. The molecular weight excluding hydrogens is 368 g/mol. The molecule has 0 aliphatic heterocycles. The molecule has 3 aromatic rings. The van der Waals surface area contributed by atoms with Gasteiger partial charge in [0.15, 0.2) is 5.43 Å². The Morgan fingerprint density at radius 3 is 2.57 bits per heavy atom. The fraction of sp³-hybridized carbons (Fsp3) is 0.316. The number of fused-ring (bicyclic) bond motifs is 2. The minimum absolute atomic E-state index is 0.106. The Balaban J connectivity index is 2.41. The maximum atomic E-state index is 12.5. The van der Waals surface area contributed by atoms with Crippen molar-refractivity contribution >= 4 is 33.9 Å². The van der Waals surface area contributed by atoms with Crippen LogP contribution in [0.2, 0.25) is 0 Å². The second-order valence-corrected chi connectivity index (χ2v) is 5.93. The smallest absolute Gasteiger partial charge is 0.374 e. The van der Waals surface area contributed by atoms with E-state index in [1.807, 2.05) is 6.92 Å². The van der Waals surface area contributed by atoms with Crippen LogP contribution in [-0.2, 0) is 15.9 Å². The summed E-state index contributed by atoms with van der Waals surface area (Å²) in [5, 5.41) is 10.3. The molecule has 0 fully saturated rings. The van der Waals surface area contributed by atoms with Gasteiger partial charge in [0.05, 0.1) is 30.1 Å². The molecule has 1 N–H and O–H groups in total. The third-order valence-electron chi connectivity index (χ3n) is 4.09. The van der Waals surface area contributed by atoms with Crippen molar-refractivity contribution in [2.75, 3.05) is 13.7 Å². The second-order valence-electron chi connectivity index (χ2n) is 5.93. The number of aromatic hydroxyl groups is 1. The van der Waals surface area contributed by atoms with Crippen LogP contribution < -0.4 is 5.43 Å². The first-order chi connectivity index (χ1) is 13.4. The molecule has 0 unspecified atom stereocenters. The number of rotatable bonds is 5. The Labute approximate surface area is 158 Å². The molecule has 2 heterocycles. The lowest BCUT2D eigenvalue weighted by atomic mass is 10.0. The third-order valence-corrected chi connectivity index (χ3v) is 4.09. The van der Waals surface area contributed by atoms with Gasteiger partial charge in [-0.15, -0.1) is 0 Å². The Hall–Kier alpha value is -3.49. The number of hydrogen-bond donors (Lipinski definition) is 1. The molecule has 0 amide bonds. The van der Waals surface area contributed by atoms with Crippen molar-refractivity contribution in [3.05, 3.63) is 39.4 Å². The zero-order valence-electron chi connectivity index (χ0n) is 15.6. The first-order valence-electron chi connectivity index (χ1n) is 8.67. The normalized spacial score (nSPS) is 11.0. The fourth-order valence-corrected chi connectivity index (χ4v) is 2.89. The summed E-state index contributed by atoms with van der Waals surface area (Å²) in [6, 6.07) is 2.44. The number of methoxy groups -OCH3 is 1. The number of carbonyl (C=O) groups excluding carboxylic acids is 2. The highest BCUT2D eigenvalue weighted by molar-refractivity contribution is 6.00. The number of aryl methyl sites for hydroxylation is 1. The van der Waals surface area contributed by atoms with Crippen molar-refractivity contribution < 1.29 is 28.6 Å². The van der Waals surface area contributed by atoms with Gasteiger partial charge in [0.2, 0.25) is 17.3 Å². The van der Waals surface area contributed by atoms with Gasteiger partial charge in [-0.1, -0.05) is 13.3 Å². The van der Waals surface area contributed by atoms with E-state index >= 15 is 0 Å². The highest BCUT2D eigenvalue weighted by atomic mass is 16.5. The number of hydrogen-bond acceptors (Lipinski definition) is 9. The summed E-state index contributed by atoms with van der Waals surface area (Å²) in [6.07, 6.45) is 1.10. The fourth-order valence-electron chi connectivity index (χ4n) is 2.89. The molecule has 0 aliphatic carbocycles. The van der Waals surface area contributed by atoms with Crippen molar-refractivity contribution in [3.63, 3.8) is 0 Å². The van der Waals surface area contributed by atoms with Gasteiger partial charge < -0.3 is 19.0 Å². The molecular formula is C19H18N2O7. The highest BCUT2D eigenvalue weighted by Crippen LogP contribution is 2.29. The van der Waals surface area contributed by atoms with Gasteiger partial charge in [-0.2, -0.15) is 0 Å². The van der Waals surface area contributed by atoms with Crippen LogP contribution in [0.25, 0.3) is 22.0 Å². The van der Waals surface area contributed by atoms with Crippen LogP contribution in [-0.4, -0.2) is 40.7 Å². The van der Waals surface area contributed by atoms with Crippen LogP contribution in [0.3, 0.4) is 0 Å². The number of esters is 2. The predicted octanol–water partition coefficient (Wildman–Crippen LogP) is 2.36. The molecule has 0 bridgehead atoms. The summed E-state index contributed by atoms with van der Waals surface area (Å²) in [5.74, 6) is -2.44. The van der Waals surface area contributed by atoms with E-state index in [9.17, 15) is 19.5 Å². The largest absolute Gasteiger partial charge is 0.492 e. The SMILES string of the molecule is CCCc1c2nc(C(=O)OCC)c(O)nc2cc2c(=O)cc(C(=O)OC)oc12. The molecule has 3 rings (SSSR count). The second kappa shape index (κ2) is 7.63. The van der Waals surface area contributed by atoms with Gasteiger partial charge in [0.1, 0.15) is 5.58 Å². The Bertz CT molecular complexity index is 1150. The van der Waals surface area contributed by atoms with Crippen LogP contribution >= 0.6 is 0 Å². The molecule has 1 aromatic carbocycles. The molecule has 0 atom stereocenters. The summed E-state index contributed by atoms with van der Waals surface area (Å²) >= 11 is 0. The predicted molar refractivity (Wildman–Crippen MR) is 98.5 cm³/mol. The zero-order valence-corrected chi connectivity index (χ0v) is 15.6. The van der Waals surface area contributed by atoms with Crippen molar-refractivity contribution in [1.82, 2.24) is 9.97 Å². The molecule has 0 spiro atoms. The minimum Gasteiger partial charge on any atom is -0.492 e. The van der Waals surface area contributed by atoms with Crippen molar-refractivity contribution in [2.45, 2.75) is 26.7 Å². The molecule has 28 heavy (non-hydrogen) atoms. The number of aromatic nitrogens is 2. The molecule has 0 saturated heterocycles. The summed E-state index contributed by atoms with van der Waals surface area (Å²) in [6.45, 7) is 3.64. The van der Waals surface area contributed by atoms with E-state index in [4.69, 9.17) is 9.15 Å². The lowest BCUT2D eigenvalue weighted by Gasteiger charge is -2.11. The van der Waals surface area contributed by atoms with Gasteiger partial charge in [-0.25, -0.2) is 19.6 Å². The van der Waals surface area contributed by atoms with E-state index in [1.165, 1.54) is 13.2 Å². The topological polar surface area (TPSA) is 129 Å². The van der Waals surface area contributed by atoms with Crippen LogP contribution in [0.1, 0.15) is 46.9 Å². The number of benzene rings is 1. The highest BCUT2D eigenvalue weighted by Gasteiger charge is 2.22. The van der Waals surface area contributed by atoms with Gasteiger partial charge in [-0.3, -0.25) is 4.79 Å². The molecule has 2 aromatic heterocycles. The number of carbonyl (C=O) groups is 2. The Morgan fingerprint density at radius 1 is 1.18 bits per heavy atom. The summed E-state index contributed by atoms with van der Waals surface area (Å²) in [5.41, 5.74) is 0.363. The lowest BCUT2D eigenvalue weighted by Crippen LogP contribution is -2.12. The van der Waals surface area contributed by atoms with E-state index in [1.54, 1.807) is 6.92 Å². The average Bonchev–Trinajstić information content (AvgIpc) is 2.67. The summed E-state index contributed by atoms with van der Waals surface area (Å²) in [7, 11) is 1.18. The van der Waals surface area contributed by atoms with Gasteiger partial charge >= 0.3 is 11.9 Å². The number of nitrogens with zero attached hydrogens (tertiary/aromatic N) is 2. The van der Waals surface area contributed by atoms with Gasteiger partial charge in [-0.05, 0) is 19.4 Å². The quantitative estimate of drug-likeness (QED) is 0.519. The van der Waals surface area contributed by atoms with Crippen molar-refractivity contribution in [3.8, 4) is 5.88 Å². The van der Waals surface area contributed by atoms with E-state index < -0.39 is 23.2 Å². The summed E-state index contributed by atoms with van der Waals surface area (Å²) < 4.78 is 15.2. The van der Waals surface area contributed by atoms with E-state index in [-0.39, 0.29) is 40.1 Å². The molecule has 0 radical (unpaired) electrons. The maximum absolute atomic E-state index is 12.5. The molecule has 146 valence electrons. The van der Waals surface area contributed by atoms with Crippen LogP contribution in [0.4, 0.5) is 0 Å². The van der Waals surface area contributed by atoms with E-state index in [2.05, 4.69) is 14.7 Å². The maximum Gasteiger partial charge on any atom is 0.374 e. The average molecular weight is 386 g/mol. The molecule has 9 heteroatoms. The Morgan fingerprint density at radius 2 is 1.93 bits per heavy atom. The van der Waals surface area contributed by atoms with Crippen LogP contribution in [0.5, 0.6) is 5.88 Å². The van der Waals surface area contributed by atoms with Crippen molar-refractivity contribution in [2.24, 2.45) is 0 Å². The monoisotopic (exact) mass is 386 g/mol. The minimum atomic E-state index is -0.818. The zero-order chi connectivity index (χ0) is 20.4. The third kappa shape index (κ3) is 3.26. The van der Waals surface area contributed by atoms with Crippen molar-refractivity contribution in [1.29, 1.82) is 0 Å². The van der Waals surface area contributed by atoms with Gasteiger partial charge in [0, 0.05) is 11.6 Å². The van der Waals surface area contributed by atoms with Gasteiger partial charge in [0.25, 0.3) is 0 Å². The number of ether oxygens (including phenoxy) is 2. The lowest BCUT2D eigenvalue weighted by molar-refractivity contribution is 0.0514.